The molecule has 2 aromatic carbocycles. The van der Waals surface area contributed by atoms with Gasteiger partial charge < -0.3 is 4.90 Å². The Hall–Kier alpha value is -1.68. The molecule has 2 aromatic rings. The van der Waals surface area contributed by atoms with Gasteiger partial charge in [0.15, 0.2) is 0 Å². The van der Waals surface area contributed by atoms with Crippen LogP contribution in [0.4, 0.5) is 0 Å². The number of hydrogen-bond donors (Lipinski definition) is 0. The average Bonchev–Trinajstić information content (AvgIpc) is 2.62. The summed E-state index contributed by atoms with van der Waals surface area (Å²) in [5.41, 5.74) is 2.81. The molecule has 2 aliphatic heterocycles. The predicted molar refractivity (Wildman–Crippen MR) is 104 cm³/mol. The molecule has 0 spiro atoms. The molecule has 2 heterocycles. The summed E-state index contributed by atoms with van der Waals surface area (Å²) in [5.74, 6) is 0. The normalized spacial score (nSPS) is 25.9. The summed E-state index contributed by atoms with van der Waals surface area (Å²) in [7, 11) is 2.24. The van der Waals surface area contributed by atoms with E-state index in [9.17, 15) is 0 Å². The Labute approximate surface area is 151 Å². The van der Waals surface area contributed by atoms with Crippen molar-refractivity contribution in [2.24, 2.45) is 0 Å². The topological polar surface area (TPSA) is 9.72 Å². The second-order valence-electron chi connectivity index (χ2n) is 7.58. The molecule has 2 atom stereocenters. The Morgan fingerprint density at radius 2 is 1.44 bits per heavy atom. The van der Waals surface area contributed by atoms with Crippen molar-refractivity contribution in [3.05, 3.63) is 71.8 Å². The molecule has 2 aliphatic rings. The van der Waals surface area contributed by atoms with Gasteiger partial charge in [0, 0.05) is 32.2 Å². The van der Waals surface area contributed by atoms with Crippen molar-refractivity contribution in [1.82, 2.24) is 14.7 Å². The van der Waals surface area contributed by atoms with Crippen molar-refractivity contribution in [2.75, 3.05) is 33.2 Å². The molecular formula is C22H29N3. The summed E-state index contributed by atoms with van der Waals surface area (Å²) in [5, 5.41) is 0. The van der Waals surface area contributed by atoms with Crippen LogP contribution in [-0.2, 0) is 0 Å². The van der Waals surface area contributed by atoms with E-state index in [1.54, 1.807) is 0 Å². The Balaban J connectivity index is 1.62. The van der Waals surface area contributed by atoms with Gasteiger partial charge in [-0.15, -0.1) is 0 Å². The molecule has 0 bridgehead atoms. The maximum atomic E-state index is 2.72. The number of hydrogen-bond acceptors (Lipinski definition) is 3. The molecule has 3 nitrogen and oxygen atoms in total. The van der Waals surface area contributed by atoms with Gasteiger partial charge in [-0.3, -0.25) is 9.80 Å². The van der Waals surface area contributed by atoms with Gasteiger partial charge in [-0.2, -0.15) is 0 Å². The molecule has 2 saturated heterocycles. The number of rotatable bonds is 4. The monoisotopic (exact) mass is 335 g/mol. The molecule has 25 heavy (non-hydrogen) atoms. The molecule has 1 unspecified atom stereocenters. The lowest BCUT2D eigenvalue weighted by atomic mass is 9.92. The third-order valence-corrected chi connectivity index (χ3v) is 5.86. The number of nitrogens with zero attached hydrogens (tertiary/aromatic N) is 3. The van der Waals surface area contributed by atoms with E-state index in [1.165, 1.54) is 43.7 Å². The number of likely N-dealkylation sites (N-methyl/N-ethyl adjacent to an activating group) is 1. The van der Waals surface area contributed by atoms with E-state index in [0.29, 0.717) is 18.2 Å². The molecule has 2 fully saturated rings. The first-order chi connectivity index (χ1) is 12.2. The van der Waals surface area contributed by atoms with E-state index in [0.717, 1.165) is 0 Å². The van der Waals surface area contributed by atoms with E-state index in [1.807, 2.05) is 0 Å². The summed E-state index contributed by atoms with van der Waals surface area (Å²) < 4.78 is 0. The molecule has 0 saturated carbocycles. The van der Waals surface area contributed by atoms with E-state index in [2.05, 4.69) is 89.3 Å². The fraction of sp³-hybridized carbons (Fsp3) is 0.455. The standard InChI is InChI=1S/C22H29N3/c1-18-17-23(2)15-16-24(18)21-13-14-25(21)22(19-9-5-3-6-10-19)20-11-7-4-8-12-20/h3-12,18,21-22H,13-17H2,1-2H3/t18-,21?/m0/s1. The Morgan fingerprint density at radius 3 is 1.92 bits per heavy atom. The minimum absolute atomic E-state index is 0.355. The SMILES string of the molecule is C[C@H]1CN(C)CCN1C1CCN1C(c1ccccc1)c1ccccc1. The van der Waals surface area contributed by atoms with Crippen LogP contribution in [-0.4, -0.2) is 60.1 Å². The lowest BCUT2D eigenvalue weighted by Gasteiger charge is -2.54. The molecule has 0 aromatic heterocycles. The third kappa shape index (κ3) is 3.37. The van der Waals surface area contributed by atoms with Gasteiger partial charge in [-0.25, -0.2) is 0 Å². The smallest absolute Gasteiger partial charge is 0.0646 e. The molecular weight excluding hydrogens is 306 g/mol. The van der Waals surface area contributed by atoms with Gasteiger partial charge >= 0.3 is 0 Å². The van der Waals surface area contributed by atoms with Crippen molar-refractivity contribution in [1.29, 1.82) is 0 Å². The van der Waals surface area contributed by atoms with Crippen LogP contribution < -0.4 is 0 Å². The summed E-state index contributed by atoms with van der Waals surface area (Å²) in [6.45, 7) is 7.08. The van der Waals surface area contributed by atoms with Crippen LogP contribution in [0.1, 0.15) is 30.5 Å². The molecule has 0 radical (unpaired) electrons. The highest BCUT2D eigenvalue weighted by molar-refractivity contribution is 5.32. The Bertz CT molecular complexity index is 633. The van der Waals surface area contributed by atoms with E-state index >= 15 is 0 Å². The van der Waals surface area contributed by atoms with Crippen LogP contribution >= 0.6 is 0 Å². The average molecular weight is 335 g/mol. The van der Waals surface area contributed by atoms with Gasteiger partial charge in [-0.1, -0.05) is 60.7 Å². The van der Waals surface area contributed by atoms with Gasteiger partial charge in [0.25, 0.3) is 0 Å². The van der Waals surface area contributed by atoms with Crippen molar-refractivity contribution in [3.8, 4) is 0 Å². The maximum absolute atomic E-state index is 2.72. The van der Waals surface area contributed by atoms with E-state index in [-0.39, 0.29) is 0 Å². The minimum Gasteiger partial charge on any atom is -0.304 e. The first-order valence-corrected chi connectivity index (χ1v) is 9.54. The highest BCUT2D eigenvalue weighted by Crippen LogP contribution is 2.37. The van der Waals surface area contributed by atoms with Gasteiger partial charge in [0.1, 0.15) is 0 Å². The van der Waals surface area contributed by atoms with Crippen LogP contribution in [0.25, 0.3) is 0 Å². The quantitative estimate of drug-likeness (QED) is 0.847. The highest BCUT2D eigenvalue weighted by Gasteiger charge is 2.41. The maximum Gasteiger partial charge on any atom is 0.0646 e. The van der Waals surface area contributed by atoms with Crippen LogP contribution in [0.15, 0.2) is 60.7 Å². The Kier molecular flexibility index (Phi) is 4.89. The zero-order chi connectivity index (χ0) is 17.2. The molecule has 0 amide bonds. The fourth-order valence-corrected chi connectivity index (χ4v) is 4.49. The Morgan fingerprint density at radius 1 is 0.840 bits per heavy atom. The lowest BCUT2D eigenvalue weighted by molar-refractivity contribution is -0.0896. The summed E-state index contributed by atoms with van der Waals surface area (Å²) in [6, 6.07) is 23.0. The first kappa shape index (κ1) is 16.8. The first-order valence-electron chi connectivity index (χ1n) is 9.54. The molecule has 3 heteroatoms. The summed E-state index contributed by atoms with van der Waals surface area (Å²) in [4.78, 5) is 7.88. The zero-order valence-corrected chi connectivity index (χ0v) is 15.4. The van der Waals surface area contributed by atoms with Gasteiger partial charge in [0.2, 0.25) is 0 Å². The van der Waals surface area contributed by atoms with Gasteiger partial charge in [-0.05, 0) is 31.5 Å². The van der Waals surface area contributed by atoms with Crippen LogP contribution in [0, 0.1) is 0 Å². The van der Waals surface area contributed by atoms with Crippen LogP contribution in [0.2, 0.25) is 0 Å². The molecule has 4 rings (SSSR count). The zero-order valence-electron chi connectivity index (χ0n) is 15.4. The molecule has 132 valence electrons. The number of likely N-dealkylation sites (tertiary alicyclic amines) is 1. The molecule has 0 N–H and O–H groups in total. The second kappa shape index (κ2) is 7.28. The van der Waals surface area contributed by atoms with Crippen molar-refractivity contribution >= 4 is 0 Å². The summed E-state index contributed by atoms with van der Waals surface area (Å²) >= 11 is 0. The fourth-order valence-electron chi connectivity index (χ4n) is 4.49. The third-order valence-electron chi connectivity index (χ3n) is 5.86. The second-order valence-corrected chi connectivity index (χ2v) is 7.58. The minimum atomic E-state index is 0.355. The predicted octanol–water partition coefficient (Wildman–Crippen LogP) is 3.44. The number of benzene rings is 2. The van der Waals surface area contributed by atoms with E-state index < -0.39 is 0 Å². The largest absolute Gasteiger partial charge is 0.304 e. The van der Waals surface area contributed by atoms with Crippen molar-refractivity contribution < 1.29 is 0 Å². The highest BCUT2D eigenvalue weighted by atomic mass is 15.4. The van der Waals surface area contributed by atoms with Crippen LogP contribution in [0.5, 0.6) is 0 Å². The van der Waals surface area contributed by atoms with Crippen LogP contribution in [0.3, 0.4) is 0 Å². The van der Waals surface area contributed by atoms with Gasteiger partial charge in [0.05, 0.1) is 12.2 Å². The van der Waals surface area contributed by atoms with Crippen molar-refractivity contribution in [2.45, 2.75) is 31.6 Å². The number of piperazine rings is 1. The lowest BCUT2D eigenvalue weighted by Crippen LogP contribution is -2.65. The summed E-state index contributed by atoms with van der Waals surface area (Å²) in [6.07, 6.45) is 1.85. The van der Waals surface area contributed by atoms with E-state index in [4.69, 9.17) is 0 Å². The molecule has 0 aliphatic carbocycles. The van der Waals surface area contributed by atoms with Crippen molar-refractivity contribution in [3.63, 3.8) is 0 Å².